The van der Waals surface area contributed by atoms with E-state index in [2.05, 4.69) is 62.2 Å². The second-order valence-corrected chi connectivity index (χ2v) is 15.5. The van der Waals surface area contributed by atoms with Gasteiger partial charge in [0.15, 0.2) is 45.3 Å². The molecular formula is C44H43Cl3N12O4. The van der Waals surface area contributed by atoms with Crippen molar-refractivity contribution in [3.05, 3.63) is 134 Å². The first-order valence-corrected chi connectivity index (χ1v) is 20.8. The lowest BCUT2D eigenvalue weighted by molar-refractivity contribution is 0.353. The van der Waals surface area contributed by atoms with Gasteiger partial charge in [0.1, 0.15) is 11.0 Å². The van der Waals surface area contributed by atoms with E-state index in [4.69, 9.17) is 65.2 Å². The fraction of sp³-hybridized carbons (Fsp3) is 0.227. The highest BCUT2D eigenvalue weighted by atomic mass is 35.5. The Balaban J connectivity index is 0.000000146. The summed E-state index contributed by atoms with van der Waals surface area (Å²) < 4.78 is 21.9. The molecular weight excluding hydrogens is 867 g/mol. The Hall–Kier alpha value is -6.59. The Morgan fingerprint density at radius 2 is 1.13 bits per heavy atom. The molecule has 4 aromatic heterocycles. The number of nitrogens with zero attached hydrogens (tertiary/aromatic N) is 7. The Bertz CT molecular complexity index is 2910. The van der Waals surface area contributed by atoms with Crippen LogP contribution in [0, 0.1) is 0 Å². The quantitative estimate of drug-likeness (QED) is 0.0961. The van der Waals surface area contributed by atoms with Crippen molar-refractivity contribution < 1.29 is 18.9 Å². The van der Waals surface area contributed by atoms with E-state index in [9.17, 15) is 0 Å². The number of ether oxygens (including phenoxy) is 4. The van der Waals surface area contributed by atoms with Crippen molar-refractivity contribution in [2.24, 2.45) is 0 Å². The molecule has 0 saturated carbocycles. The van der Waals surface area contributed by atoms with Crippen molar-refractivity contribution in [3.8, 4) is 23.0 Å². The topological polar surface area (TPSA) is 213 Å². The molecule has 2 aliphatic rings. The third kappa shape index (κ3) is 8.75. The highest BCUT2D eigenvalue weighted by molar-refractivity contribution is 6.33. The zero-order chi connectivity index (χ0) is 44.2. The number of hydrogen-bond donors (Lipinski definition) is 5. The summed E-state index contributed by atoms with van der Waals surface area (Å²) in [5.74, 6) is 3.88. The molecule has 2 aliphatic heterocycles. The molecule has 19 heteroatoms. The zero-order valence-corrected chi connectivity index (χ0v) is 36.9. The molecule has 8 aromatic rings. The number of imidazole rings is 2. The molecule has 0 saturated heterocycles. The summed E-state index contributed by atoms with van der Waals surface area (Å²) in [6, 6.07) is 23.8. The Kier molecular flexibility index (Phi) is 12.9. The molecule has 0 spiro atoms. The second-order valence-electron chi connectivity index (χ2n) is 14.3. The third-order valence-electron chi connectivity index (χ3n) is 10.8. The van der Waals surface area contributed by atoms with Crippen LogP contribution in [0.4, 0.5) is 17.7 Å². The van der Waals surface area contributed by atoms with E-state index in [1.54, 1.807) is 34.8 Å². The smallest absolute Gasteiger partial charge is 0.224 e. The summed E-state index contributed by atoms with van der Waals surface area (Å²) >= 11 is 18.7. The lowest BCUT2D eigenvalue weighted by atomic mass is 9.87. The van der Waals surface area contributed by atoms with E-state index in [0.717, 1.165) is 58.1 Å². The molecule has 63 heavy (non-hydrogen) atoms. The Morgan fingerprint density at radius 3 is 1.75 bits per heavy atom. The van der Waals surface area contributed by atoms with Crippen molar-refractivity contribution in [2.75, 3.05) is 57.9 Å². The van der Waals surface area contributed by atoms with Gasteiger partial charge in [0, 0.05) is 23.1 Å². The number of halogens is 3. The van der Waals surface area contributed by atoms with Crippen LogP contribution in [0.3, 0.4) is 0 Å². The zero-order valence-electron chi connectivity index (χ0n) is 34.6. The molecule has 10 rings (SSSR count). The van der Waals surface area contributed by atoms with Gasteiger partial charge >= 0.3 is 0 Å². The maximum Gasteiger partial charge on any atom is 0.224 e. The minimum Gasteiger partial charge on any atom is -0.493 e. The third-order valence-corrected chi connectivity index (χ3v) is 11.8. The van der Waals surface area contributed by atoms with Crippen molar-refractivity contribution in [1.29, 1.82) is 0 Å². The number of hydrogen-bond acceptors (Lipinski definition) is 14. The molecule has 2 atom stereocenters. The number of nitrogen functional groups attached to an aromatic ring is 2. The Morgan fingerprint density at radius 1 is 0.603 bits per heavy atom. The van der Waals surface area contributed by atoms with Crippen LogP contribution in [-0.4, -0.2) is 81.4 Å². The van der Waals surface area contributed by atoms with Gasteiger partial charge in [0.2, 0.25) is 11.9 Å². The summed E-state index contributed by atoms with van der Waals surface area (Å²) in [5.41, 5.74) is 20.5. The molecule has 0 bridgehead atoms. The summed E-state index contributed by atoms with van der Waals surface area (Å²) in [5, 5.41) is 5.28. The molecule has 0 aliphatic carbocycles. The van der Waals surface area contributed by atoms with Crippen molar-refractivity contribution in [3.63, 3.8) is 0 Å². The number of H-pyrrole nitrogens is 2. The molecule has 0 fully saturated rings. The normalized spacial score (nSPS) is 15.3. The molecule has 0 radical (unpaired) electrons. The summed E-state index contributed by atoms with van der Waals surface area (Å²) in [7, 11) is 6.60. The Labute approximate surface area is 377 Å². The number of nitrogens with two attached hydrogens (primary N) is 2. The molecule has 6 heterocycles. The first-order valence-electron chi connectivity index (χ1n) is 19.7. The molecule has 324 valence electrons. The first-order chi connectivity index (χ1) is 30.6. The van der Waals surface area contributed by atoms with Crippen LogP contribution in [0.5, 0.6) is 23.0 Å². The van der Waals surface area contributed by atoms with Gasteiger partial charge < -0.3 is 50.6 Å². The molecule has 2 unspecified atom stereocenters. The van der Waals surface area contributed by atoms with Gasteiger partial charge in [-0.15, -0.1) is 0 Å². The average molecular weight is 910 g/mol. The van der Waals surface area contributed by atoms with E-state index in [1.807, 2.05) is 60.7 Å². The van der Waals surface area contributed by atoms with E-state index in [-0.39, 0.29) is 24.0 Å². The number of rotatable bonds is 7. The predicted molar refractivity (Wildman–Crippen MR) is 246 cm³/mol. The molecule has 7 N–H and O–H groups in total. The monoisotopic (exact) mass is 908 g/mol. The molecule has 16 nitrogen and oxygen atoms in total. The number of nitrogens with one attached hydrogen (secondary N) is 3. The number of aromatic nitrogens is 8. The predicted octanol–water partition coefficient (Wildman–Crippen LogP) is 7.94. The van der Waals surface area contributed by atoms with Crippen LogP contribution in [0.2, 0.25) is 15.2 Å². The average Bonchev–Trinajstić information content (AvgIpc) is 3.98. The SMILES string of the molecule is COc1cc2c(cc1OC)C(c1ccccc1Cl)N(c1nc(N)nc3nc[nH]c13)CC2.COc1cc2c(cc1OC)C(c1ccccc1Cl)NCC2.Nc1nc(Cl)c2[nH]cnc2n1. The lowest BCUT2D eigenvalue weighted by Gasteiger charge is -2.39. The van der Waals surface area contributed by atoms with Gasteiger partial charge in [-0.05, 0) is 82.6 Å². The molecule has 0 amide bonds. The standard InChI is InChI=1S/C22H21ClN6O2.C17H18ClNO2.C5H4ClN5/c1-30-16-9-12-7-8-29(21-18-20(26-11-25-18)27-22(24)28-21)19(14(12)10-17(16)31-2)13-5-3-4-6-15(13)23;1-20-15-9-11-7-8-19-17(13(11)10-16(15)21-2)12-5-3-4-6-14(12)18;6-3-2-4(9-1-8-2)11-5(7)10-3/h3-6,9-11,19H,7-8H2,1-2H3,(H3,24,25,26,27,28);3-6,9-10,17,19H,7-8H2,1-2H3;1H,(H3,7,8,9,10,11). The van der Waals surface area contributed by atoms with Gasteiger partial charge in [-0.1, -0.05) is 71.2 Å². The van der Waals surface area contributed by atoms with Gasteiger partial charge in [-0.25, -0.2) is 9.97 Å². The second kappa shape index (κ2) is 18.8. The van der Waals surface area contributed by atoms with E-state index < -0.39 is 0 Å². The maximum absolute atomic E-state index is 6.68. The fourth-order valence-corrected chi connectivity index (χ4v) is 8.64. The van der Waals surface area contributed by atoms with Crippen LogP contribution in [-0.2, 0) is 12.8 Å². The summed E-state index contributed by atoms with van der Waals surface area (Å²) in [6.45, 7) is 1.61. The minimum absolute atomic E-state index is 0.0854. The van der Waals surface area contributed by atoms with Gasteiger partial charge in [-0.2, -0.15) is 19.9 Å². The van der Waals surface area contributed by atoms with E-state index in [0.29, 0.717) is 50.8 Å². The minimum atomic E-state index is -0.210. The van der Waals surface area contributed by atoms with Crippen LogP contribution in [0.25, 0.3) is 22.3 Å². The van der Waals surface area contributed by atoms with Crippen molar-refractivity contribution in [1.82, 2.24) is 45.2 Å². The fourth-order valence-electron chi connectivity index (χ4n) is 7.93. The van der Waals surface area contributed by atoms with Gasteiger partial charge in [-0.3, -0.25) is 0 Å². The van der Waals surface area contributed by atoms with Crippen LogP contribution in [0.1, 0.15) is 45.5 Å². The highest BCUT2D eigenvalue weighted by Gasteiger charge is 2.34. The van der Waals surface area contributed by atoms with Gasteiger partial charge in [0.05, 0.1) is 53.2 Å². The van der Waals surface area contributed by atoms with Crippen molar-refractivity contribution in [2.45, 2.75) is 24.9 Å². The first kappa shape index (κ1) is 43.1. The van der Waals surface area contributed by atoms with Crippen LogP contribution < -0.4 is 40.6 Å². The van der Waals surface area contributed by atoms with E-state index in [1.165, 1.54) is 23.0 Å². The summed E-state index contributed by atoms with van der Waals surface area (Å²) in [6.07, 6.45) is 4.84. The molecule has 4 aromatic carbocycles. The largest absolute Gasteiger partial charge is 0.493 e. The van der Waals surface area contributed by atoms with Gasteiger partial charge in [0.25, 0.3) is 0 Å². The summed E-state index contributed by atoms with van der Waals surface area (Å²) in [4.78, 5) is 32.7. The number of aromatic amines is 2. The number of anilines is 3. The van der Waals surface area contributed by atoms with Crippen LogP contribution >= 0.6 is 34.8 Å². The number of benzene rings is 4. The number of methoxy groups -OCH3 is 4. The lowest BCUT2D eigenvalue weighted by Crippen LogP contribution is -2.37. The van der Waals surface area contributed by atoms with E-state index >= 15 is 0 Å². The highest BCUT2D eigenvalue weighted by Crippen LogP contribution is 2.45. The maximum atomic E-state index is 6.68. The number of fused-ring (bicyclic) bond motifs is 4. The van der Waals surface area contributed by atoms with Crippen LogP contribution in [0.15, 0.2) is 85.5 Å². The van der Waals surface area contributed by atoms with Crippen molar-refractivity contribution >= 4 is 74.8 Å².